The molecule has 0 amide bonds. The number of nitriles is 1. The van der Waals surface area contributed by atoms with Crippen molar-refractivity contribution in [3.63, 3.8) is 0 Å². The van der Waals surface area contributed by atoms with Crippen molar-refractivity contribution in [3.8, 4) is 6.07 Å². The van der Waals surface area contributed by atoms with Gasteiger partial charge < -0.3 is 24.6 Å². The molecular weight excluding hydrogens is 549 g/mol. The average molecular weight is 582 g/mol. The molecule has 4 atom stereocenters. The van der Waals surface area contributed by atoms with Gasteiger partial charge in [-0.25, -0.2) is 19.2 Å². The van der Waals surface area contributed by atoms with Crippen LogP contribution in [-0.4, -0.2) is 68.4 Å². The van der Waals surface area contributed by atoms with E-state index in [1.165, 1.54) is 6.07 Å². The van der Waals surface area contributed by atoms with Crippen LogP contribution in [-0.2, 0) is 24.4 Å². The molecule has 4 saturated heterocycles. The number of aromatic nitrogens is 3. The van der Waals surface area contributed by atoms with Crippen molar-refractivity contribution in [2.45, 2.75) is 51.2 Å². The standard InChI is InChI=1S/C32H32FN7O3/c1-19-27-16-38(30-4-2-3-29(37-30)35-14-22-6-5-20(13-34)11-24(22)33)17-28(19)39(27)18-31-36-25-8-7-21(32(41)42)12-26(25)40(31)15-23-9-10-43-23/h2-8,11-12,19,23,27-28H,9-10,14-18H2,1H3,(H,35,37)(H,41,42)/t19-,23-,27-,28?/m0/s1. The normalized spacial score (nSPS) is 23.0. The zero-order valence-corrected chi connectivity index (χ0v) is 23.8. The van der Waals surface area contributed by atoms with Gasteiger partial charge >= 0.3 is 5.97 Å². The number of pyridine rings is 1. The lowest BCUT2D eigenvalue weighted by Gasteiger charge is -2.61. The van der Waals surface area contributed by atoms with Crippen molar-refractivity contribution in [3.05, 3.63) is 82.9 Å². The quantitative estimate of drug-likeness (QED) is 0.299. The van der Waals surface area contributed by atoms with Crippen LogP contribution < -0.4 is 10.2 Å². The first-order valence-electron chi connectivity index (χ1n) is 14.6. The van der Waals surface area contributed by atoms with Gasteiger partial charge in [-0.3, -0.25) is 4.90 Å². The number of hydrogen-bond acceptors (Lipinski definition) is 8. The summed E-state index contributed by atoms with van der Waals surface area (Å²) in [5.41, 5.74) is 2.66. The van der Waals surface area contributed by atoms with E-state index in [2.05, 4.69) is 26.6 Å². The molecule has 0 radical (unpaired) electrons. The number of piperazine rings is 1. The largest absolute Gasteiger partial charge is 0.478 e. The van der Waals surface area contributed by atoms with E-state index in [0.717, 1.165) is 48.8 Å². The number of carbonyl (C=O) groups is 1. The second kappa shape index (κ2) is 10.9. The number of halogens is 1. The van der Waals surface area contributed by atoms with Crippen LogP contribution in [0.5, 0.6) is 0 Å². The number of fused-ring (bicyclic) bond motifs is 3. The number of rotatable bonds is 9. The predicted octanol–water partition coefficient (Wildman–Crippen LogP) is 4.25. The van der Waals surface area contributed by atoms with Gasteiger partial charge in [-0.1, -0.05) is 19.1 Å². The molecule has 2 bridgehead atoms. The van der Waals surface area contributed by atoms with Crippen molar-refractivity contribution in [2.24, 2.45) is 5.92 Å². The third-order valence-electron chi connectivity index (χ3n) is 9.16. The number of aromatic carboxylic acids is 1. The fourth-order valence-electron chi connectivity index (χ4n) is 6.56. The van der Waals surface area contributed by atoms with Gasteiger partial charge in [0.2, 0.25) is 0 Å². The first-order valence-corrected chi connectivity index (χ1v) is 14.6. The predicted molar refractivity (Wildman–Crippen MR) is 158 cm³/mol. The van der Waals surface area contributed by atoms with E-state index in [0.29, 0.717) is 48.0 Å². The fourth-order valence-corrected chi connectivity index (χ4v) is 6.56. The molecular formula is C32H32FN7O3. The highest BCUT2D eigenvalue weighted by atomic mass is 19.1. The van der Waals surface area contributed by atoms with E-state index in [4.69, 9.17) is 20.0 Å². The van der Waals surface area contributed by atoms with Crippen LogP contribution >= 0.6 is 0 Å². The summed E-state index contributed by atoms with van der Waals surface area (Å²) >= 11 is 0. The third kappa shape index (κ3) is 5.07. The summed E-state index contributed by atoms with van der Waals surface area (Å²) < 4.78 is 22.2. The Kier molecular flexibility index (Phi) is 6.95. The van der Waals surface area contributed by atoms with Gasteiger partial charge in [0.1, 0.15) is 23.3 Å². The molecule has 8 rings (SSSR count). The summed E-state index contributed by atoms with van der Waals surface area (Å²) in [6, 6.07) is 18.0. The molecule has 4 fully saturated rings. The lowest BCUT2D eigenvalue weighted by molar-refractivity contribution is -0.0734. The van der Waals surface area contributed by atoms with Gasteiger partial charge in [0.05, 0.1) is 47.4 Å². The molecule has 0 spiro atoms. The number of anilines is 2. The number of piperidine rings is 1. The van der Waals surface area contributed by atoms with E-state index < -0.39 is 11.8 Å². The van der Waals surface area contributed by atoms with E-state index in [1.54, 1.807) is 30.3 Å². The first kappa shape index (κ1) is 27.3. The van der Waals surface area contributed by atoms with Crippen molar-refractivity contribution < 1.29 is 19.0 Å². The van der Waals surface area contributed by atoms with E-state index >= 15 is 0 Å². The molecule has 0 saturated carbocycles. The number of benzene rings is 2. The Morgan fingerprint density at radius 1 is 1.16 bits per heavy atom. The minimum atomic E-state index is -0.948. The lowest BCUT2D eigenvalue weighted by Crippen LogP contribution is -2.73. The highest BCUT2D eigenvalue weighted by molar-refractivity contribution is 5.92. The number of ether oxygens (including phenoxy) is 1. The lowest BCUT2D eigenvalue weighted by atomic mass is 9.77. The van der Waals surface area contributed by atoms with Crippen LogP contribution in [0.3, 0.4) is 0 Å². The molecule has 1 unspecified atom stereocenters. The highest BCUT2D eigenvalue weighted by Gasteiger charge is 2.51. The summed E-state index contributed by atoms with van der Waals surface area (Å²) in [7, 11) is 0. The first-order chi connectivity index (χ1) is 20.9. The summed E-state index contributed by atoms with van der Waals surface area (Å²) in [5.74, 6) is 1.65. The topological polar surface area (TPSA) is 120 Å². The maximum absolute atomic E-state index is 14.3. The molecule has 2 aromatic carbocycles. The van der Waals surface area contributed by atoms with Crippen LogP contribution in [0.15, 0.2) is 54.6 Å². The van der Waals surface area contributed by atoms with Crippen molar-refractivity contribution in [2.75, 3.05) is 29.9 Å². The van der Waals surface area contributed by atoms with E-state index in [-0.39, 0.29) is 18.2 Å². The second-order valence-corrected chi connectivity index (χ2v) is 11.7. The molecule has 6 heterocycles. The molecule has 220 valence electrons. The number of nitrogens with one attached hydrogen (secondary N) is 1. The molecule has 2 aromatic heterocycles. The molecule has 0 aliphatic carbocycles. The Hall–Kier alpha value is -4.53. The Bertz CT molecular complexity index is 1730. The van der Waals surface area contributed by atoms with E-state index in [1.807, 2.05) is 24.3 Å². The van der Waals surface area contributed by atoms with Crippen LogP contribution in [0.2, 0.25) is 0 Å². The van der Waals surface area contributed by atoms with Gasteiger partial charge in [0, 0.05) is 43.9 Å². The number of hydrogen-bond donors (Lipinski definition) is 2. The third-order valence-corrected chi connectivity index (χ3v) is 9.16. The molecule has 11 heteroatoms. The Morgan fingerprint density at radius 2 is 1.98 bits per heavy atom. The molecule has 10 nitrogen and oxygen atoms in total. The summed E-state index contributed by atoms with van der Waals surface area (Å²) in [6.45, 7) is 6.32. The van der Waals surface area contributed by atoms with Crippen molar-refractivity contribution in [1.29, 1.82) is 5.26 Å². The average Bonchev–Trinajstić information content (AvgIpc) is 3.34. The Labute approximate surface area is 248 Å². The molecule has 4 aliphatic rings. The van der Waals surface area contributed by atoms with Gasteiger partial charge in [0.25, 0.3) is 0 Å². The van der Waals surface area contributed by atoms with Gasteiger partial charge in [-0.05, 0) is 54.8 Å². The zero-order chi connectivity index (χ0) is 29.7. The van der Waals surface area contributed by atoms with E-state index in [9.17, 15) is 14.3 Å². The molecule has 4 aromatic rings. The van der Waals surface area contributed by atoms with Gasteiger partial charge in [-0.2, -0.15) is 5.26 Å². The van der Waals surface area contributed by atoms with Crippen LogP contribution in [0.1, 0.15) is 40.7 Å². The second-order valence-electron chi connectivity index (χ2n) is 11.7. The monoisotopic (exact) mass is 581 g/mol. The molecule has 2 N–H and O–H groups in total. The Morgan fingerprint density at radius 3 is 2.67 bits per heavy atom. The number of carboxylic acid groups (broad SMARTS) is 1. The van der Waals surface area contributed by atoms with Gasteiger partial charge in [0.15, 0.2) is 0 Å². The summed E-state index contributed by atoms with van der Waals surface area (Å²) in [4.78, 5) is 26.2. The smallest absolute Gasteiger partial charge is 0.335 e. The van der Waals surface area contributed by atoms with Crippen molar-refractivity contribution in [1.82, 2.24) is 19.4 Å². The molecule has 4 aliphatic heterocycles. The number of carboxylic acids is 1. The highest BCUT2D eigenvalue weighted by Crippen LogP contribution is 2.40. The minimum absolute atomic E-state index is 0.121. The number of imidazole rings is 1. The van der Waals surface area contributed by atoms with Crippen molar-refractivity contribution >= 4 is 28.6 Å². The van der Waals surface area contributed by atoms with Gasteiger partial charge in [-0.15, -0.1) is 0 Å². The van der Waals surface area contributed by atoms with Crippen LogP contribution in [0.25, 0.3) is 11.0 Å². The Balaban J connectivity index is 1.06. The number of nitrogens with zero attached hydrogens (tertiary/aromatic N) is 6. The molecule has 43 heavy (non-hydrogen) atoms. The van der Waals surface area contributed by atoms with Crippen LogP contribution in [0, 0.1) is 23.1 Å². The zero-order valence-electron chi connectivity index (χ0n) is 23.8. The fraction of sp³-hybridized carbons (Fsp3) is 0.375. The maximum Gasteiger partial charge on any atom is 0.335 e. The summed E-state index contributed by atoms with van der Waals surface area (Å²) in [5, 5.41) is 21.8. The van der Waals surface area contributed by atoms with Crippen LogP contribution in [0.4, 0.5) is 16.0 Å². The maximum atomic E-state index is 14.3. The summed E-state index contributed by atoms with van der Waals surface area (Å²) in [6.07, 6.45) is 1.11. The SMILES string of the molecule is C[C@@H]1C2CN(c3cccc(NCc4ccc(C#N)cc4F)n3)C[C@@H]1N2Cc1nc2ccc(C(=O)O)cc2n1C[C@@H]1CCO1. The minimum Gasteiger partial charge on any atom is -0.478 e.